The van der Waals surface area contributed by atoms with E-state index < -0.39 is 0 Å². The standard InChI is InChI=1S/C24H38/c1-3-4-5-6-7-8-20-11-14-24-18-23(16-15-22(24)17-20)21-12-9-19(2)10-13-21/h15-16,18-21H,3-14,17H2,1-2H3/t19-,20?,21-. The third-order valence-electron chi connectivity index (χ3n) is 6.76. The Labute approximate surface area is 150 Å². The van der Waals surface area contributed by atoms with E-state index in [9.17, 15) is 0 Å². The van der Waals surface area contributed by atoms with Gasteiger partial charge in [-0.3, -0.25) is 0 Å². The summed E-state index contributed by atoms with van der Waals surface area (Å²) in [5, 5.41) is 0. The molecule has 0 spiro atoms. The van der Waals surface area contributed by atoms with Gasteiger partial charge < -0.3 is 0 Å². The Morgan fingerprint density at radius 1 is 0.875 bits per heavy atom. The van der Waals surface area contributed by atoms with Crippen molar-refractivity contribution in [3.05, 3.63) is 34.9 Å². The molecule has 1 atom stereocenters. The van der Waals surface area contributed by atoms with Gasteiger partial charge in [-0.1, -0.05) is 83.4 Å². The molecule has 0 amide bonds. The number of benzene rings is 1. The van der Waals surface area contributed by atoms with Crippen molar-refractivity contribution in [2.24, 2.45) is 11.8 Å². The molecule has 0 saturated heterocycles. The van der Waals surface area contributed by atoms with Crippen LogP contribution in [0.2, 0.25) is 0 Å². The molecular formula is C24H38. The fourth-order valence-electron chi connectivity index (χ4n) is 4.98. The van der Waals surface area contributed by atoms with Crippen molar-refractivity contribution in [3.8, 4) is 0 Å². The first kappa shape index (κ1) is 18.0. The second-order valence-corrected chi connectivity index (χ2v) is 8.80. The molecule has 0 N–H and O–H groups in total. The zero-order valence-electron chi connectivity index (χ0n) is 16.2. The van der Waals surface area contributed by atoms with Crippen molar-refractivity contribution >= 4 is 0 Å². The van der Waals surface area contributed by atoms with Crippen LogP contribution in [0.5, 0.6) is 0 Å². The SMILES string of the molecule is CCCCCCCC1CCc2cc([C@H]3CC[C@H](C)CC3)ccc2C1. The van der Waals surface area contributed by atoms with Gasteiger partial charge in [0.2, 0.25) is 0 Å². The Morgan fingerprint density at radius 2 is 1.67 bits per heavy atom. The molecule has 3 rings (SSSR count). The van der Waals surface area contributed by atoms with E-state index in [4.69, 9.17) is 0 Å². The molecule has 0 aromatic heterocycles. The predicted octanol–water partition coefficient (Wildman–Crippen LogP) is 7.45. The minimum Gasteiger partial charge on any atom is -0.0654 e. The van der Waals surface area contributed by atoms with E-state index in [1.807, 2.05) is 0 Å². The molecule has 1 aromatic rings. The molecule has 2 aliphatic rings. The highest BCUT2D eigenvalue weighted by atomic mass is 14.3. The maximum Gasteiger partial charge on any atom is -0.0162 e. The lowest BCUT2D eigenvalue weighted by molar-refractivity contribution is 0.347. The smallest absolute Gasteiger partial charge is 0.0162 e. The first-order chi connectivity index (χ1) is 11.8. The summed E-state index contributed by atoms with van der Waals surface area (Å²) in [7, 11) is 0. The summed E-state index contributed by atoms with van der Waals surface area (Å²) in [5.74, 6) is 2.76. The summed E-state index contributed by atoms with van der Waals surface area (Å²) < 4.78 is 0. The van der Waals surface area contributed by atoms with E-state index in [0.29, 0.717) is 0 Å². The molecule has 1 fully saturated rings. The van der Waals surface area contributed by atoms with Gasteiger partial charge in [-0.2, -0.15) is 0 Å². The second kappa shape index (κ2) is 9.07. The van der Waals surface area contributed by atoms with Gasteiger partial charge >= 0.3 is 0 Å². The van der Waals surface area contributed by atoms with Crippen molar-refractivity contribution in [1.82, 2.24) is 0 Å². The normalized spacial score (nSPS) is 27.0. The number of hydrogen-bond donors (Lipinski definition) is 0. The van der Waals surface area contributed by atoms with Crippen molar-refractivity contribution in [1.29, 1.82) is 0 Å². The highest BCUT2D eigenvalue weighted by Crippen LogP contribution is 2.37. The number of unbranched alkanes of at least 4 members (excludes halogenated alkanes) is 4. The third-order valence-corrected chi connectivity index (χ3v) is 6.76. The highest BCUT2D eigenvalue weighted by Gasteiger charge is 2.23. The summed E-state index contributed by atoms with van der Waals surface area (Å²) in [4.78, 5) is 0. The lowest BCUT2D eigenvalue weighted by Gasteiger charge is -2.29. The number of fused-ring (bicyclic) bond motifs is 1. The van der Waals surface area contributed by atoms with Gasteiger partial charge in [0.15, 0.2) is 0 Å². The Kier molecular flexibility index (Phi) is 6.81. The predicted molar refractivity (Wildman–Crippen MR) is 106 cm³/mol. The van der Waals surface area contributed by atoms with Crippen LogP contribution in [0.4, 0.5) is 0 Å². The average Bonchev–Trinajstić information content (AvgIpc) is 2.62. The number of rotatable bonds is 7. The van der Waals surface area contributed by atoms with Crippen LogP contribution in [0.3, 0.4) is 0 Å². The van der Waals surface area contributed by atoms with Crippen LogP contribution in [-0.2, 0) is 12.8 Å². The van der Waals surface area contributed by atoms with Crippen molar-refractivity contribution in [3.63, 3.8) is 0 Å². The van der Waals surface area contributed by atoms with Gasteiger partial charge in [0.1, 0.15) is 0 Å². The molecule has 0 heterocycles. The molecule has 1 unspecified atom stereocenters. The first-order valence-electron chi connectivity index (χ1n) is 10.9. The summed E-state index contributed by atoms with van der Waals surface area (Å²) in [6, 6.07) is 7.56. The second-order valence-electron chi connectivity index (χ2n) is 8.80. The molecule has 0 bridgehead atoms. The van der Waals surface area contributed by atoms with Crippen LogP contribution in [0.25, 0.3) is 0 Å². The first-order valence-corrected chi connectivity index (χ1v) is 10.9. The van der Waals surface area contributed by atoms with Gasteiger partial charge in [0.05, 0.1) is 0 Å². The van der Waals surface area contributed by atoms with Crippen LogP contribution < -0.4 is 0 Å². The number of hydrogen-bond acceptors (Lipinski definition) is 0. The topological polar surface area (TPSA) is 0 Å². The summed E-state index contributed by atoms with van der Waals surface area (Å²) in [6.07, 6.45) is 18.4. The van der Waals surface area contributed by atoms with Crippen molar-refractivity contribution < 1.29 is 0 Å². The summed E-state index contributed by atoms with van der Waals surface area (Å²) >= 11 is 0. The fourth-order valence-corrected chi connectivity index (χ4v) is 4.98. The monoisotopic (exact) mass is 326 g/mol. The zero-order valence-corrected chi connectivity index (χ0v) is 16.2. The quantitative estimate of drug-likeness (QED) is 0.456. The Morgan fingerprint density at radius 3 is 2.46 bits per heavy atom. The minimum absolute atomic E-state index is 0.850. The lowest BCUT2D eigenvalue weighted by Crippen LogP contribution is -2.16. The molecule has 1 aromatic carbocycles. The van der Waals surface area contributed by atoms with Crippen LogP contribution in [0.1, 0.15) is 107 Å². The van der Waals surface area contributed by atoms with E-state index in [1.54, 1.807) is 16.7 Å². The van der Waals surface area contributed by atoms with E-state index in [1.165, 1.54) is 83.5 Å². The van der Waals surface area contributed by atoms with Crippen molar-refractivity contribution in [2.45, 2.75) is 103 Å². The van der Waals surface area contributed by atoms with Crippen LogP contribution in [0.15, 0.2) is 18.2 Å². The fraction of sp³-hybridized carbons (Fsp3) is 0.750. The molecule has 134 valence electrons. The number of aryl methyl sites for hydroxylation is 1. The highest BCUT2D eigenvalue weighted by molar-refractivity contribution is 5.36. The van der Waals surface area contributed by atoms with Gasteiger partial charge in [0.25, 0.3) is 0 Å². The molecular weight excluding hydrogens is 288 g/mol. The van der Waals surface area contributed by atoms with Crippen LogP contribution >= 0.6 is 0 Å². The van der Waals surface area contributed by atoms with E-state index in [-0.39, 0.29) is 0 Å². The van der Waals surface area contributed by atoms with E-state index in [0.717, 1.165) is 17.8 Å². The Hall–Kier alpha value is -0.780. The maximum absolute atomic E-state index is 2.59. The largest absolute Gasteiger partial charge is 0.0654 e. The Balaban J connectivity index is 1.50. The molecule has 0 heteroatoms. The Bertz CT molecular complexity index is 493. The van der Waals surface area contributed by atoms with E-state index >= 15 is 0 Å². The molecule has 24 heavy (non-hydrogen) atoms. The minimum atomic E-state index is 0.850. The zero-order chi connectivity index (χ0) is 16.8. The van der Waals surface area contributed by atoms with Crippen molar-refractivity contribution in [2.75, 3.05) is 0 Å². The van der Waals surface area contributed by atoms with E-state index in [2.05, 4.69) is 32.0 Å². The summed E-state index contributed by atoms with van der Waals surface area (Å²) in [5.41, 5.74) is 5.01. The van der Waals surface area contributed by atoms with Gasteiger partial charge in [-0.15, -0.1) is 0 Å². The summed E-state index contributed by atoms with van der Waals surface area (Å²) in [6.45, 7) is 4.73. The van der Waals surface area contributed by atoms with Gasteiger partial charge in [0, 0.05) is 0 Å². The third kappa shape index (κ3) is 4.87. The molecule has 0 aliphatic heterocycles. The molecule has 2 aliphatic carbocycles. The molecule has 0 nitrogen and oxygen atoms in total. The van der Waals surface area contributed by atoms with Gasteiger partial charge in [-0.25, -0.2) is 0 Å². The average molecular weight is 327 g/mol. The molecule has 0 radical (unpaired) electrons. The van der Waals surface area contributed by atoms with Crippen LogP contribution in [0, 0.1) is 11.8 Å². The maximum atomic E-state index is 2.59. The van der Waals surface area contributed by atoms with Crippen LogP contribution in [-0.4, -0.2) is 0 Å². The lowest BCUT2D eigenvalue weighted by atomic mass is 9.76. The molecule has 1 saturated carbocycles. The van der Waals surface area contributed by atoms with Gasteiger partial charge in [-0.05, 0) is 66.5 Å².